The maximum atomic E-state index is 13.8. The van der Waals surface area contributed by atoms with E-state index < -0.39 is 0 Å². The SMILES string of the molecule is O=C(c1cc2cc(Cl)ccc2[nH]1)N1CCc2c([nH]c3ccccc23)[C@H]1c1ccc(Cl)cc1. The number of carbonyl (C=O) groups is 1. The number of nitrogens with one attached hydrogen (secondary N) is 2. The Kier molecular flexibility index (Phi) is 4.53. The Balaban J connectivity index is 1.49. The maximum absolute atomic E-state index is 13.8. The molecule has 0 spiro atoms. The number of hydrogen-bond donors (Lipinski definition) is 2. The molecule has 1 aliphatic rings. The first-order chi connectivity index (χ1) is 15.6. The molecule has 0 saturated heterocycles. The minimum Gasteiger partial charge on any atom is -0.356 e. The minimum atomic E-state index is -0.231. The molecule has 0 fully saturated rings. The molecule has 3 aromatic carbocycles. The van der Waals surface area contributed by atoms with Gasteiger partial charge in [-0.2, -0.15) is 0 Å². The lowest BCUT2D eigenvalue weighted by Crippen LogP contribution is -2.40. The summed E-state index contributed by atoms with van der Waals surface area (Å²) in [6.45, 7) is 0.622. The molecule has 0 radical (unpaired) electrons. The number of H-pyrrole nitrogens is 2. The molecule has 4 nitrogen and oxygen atoms in total. The molecule has 1 amide bonds. The van der Waals surface area contributed by atoms with Gasteiger partial charge in [-0.25, -0.2) is 0 Å². The number of fused-ring (bicyclic) bond motifs is 4. The molecule has 0 unspecified atom stereocenters. The van der Waals surface area contributed by atoms with E-state index in [9.17, 15) is 4.79 Å². The number of amides is 1. The normalized spacial score (nSPS) is 15.9. The lowest BCUT2D eigenvalue weighted by Gasteiger charge is -2.36. The Morgan fingerprint density at radius 2 is 1.66 bits per heavy atom. The van der Waals surface area contributed by atoms with E-state index in [-0.39, 0.29) is 11.9 Å². The summed E-state index contributed by atoms with van der Waals surface area (Å²) in [5, 5.41) is 3.46. The van der Waals surface area contributed by atoms with Gasteiger partial charge in [-0.3, -0.25) is 4.79 Å². The van der Waals surface area contributed by atoms with Gasteiger partial charge in [0.05, 0.1) is 6.04 Å². The summed E-state index contributed by atoms with van der Waals surface area (Å²) in [4.78, 5) is 22.6. The molecular formula is C26H19Cl2N3O. The van der Waals surface area contributed by atoms with E-state index >= 15 is 0 Å². The van der Waals surface area contributed by atoms with Gasteiger partial charge in [-0.05, 0) is 60.0 Å². The van der Waals surface area contributed by atoms with Gasteiger partial charge in [-0.1, -0.05) is 53.5 Å². The summed E-state index contributed by atoms with van der Waals surface area (Å²) in [5.41, 5.74) is 5.89. The van der Waals surface area contributed by atoms with Crippen molar-refractivity contribution in [3.63, 3.8) is 0 Å². The highest BCUT2D eigenvalue weighted by molar-refractivity contribution is 6.31. The Bertz CT molecular complexity index is 1480. The highest BCUT2D eigenvalue weighted by atomic mass is 35.5. The van der Waals surface area contributed by atoms with Crippen LogP contribution in [-0.4, -0.2) is 27.3 Å². The van der Waals surface area contributed by atoms with Gasteiger partial charge in [0, 0.05) is 44.1 Å². The van der Waals surface area contributed by atoms with Gasteiger partial charge < -0.3 is 14.9 Å². The number of aromatic amines is 2. The number of carbonyl (C=O) groups excluding carboxylic acids is 1. The second kappa shape index (κ2) is 7.44. The molecule has 1 atom stereocenters. The lowest BCUT2D eigenvalue weighted by molar-refractivity contribution is 0.0687. The Labute approximate surface area is 194 Å². The fraction of sp³-hybridized carbons (Fsp3) is 0.115. The summed E-state index contributed by atoms with van der Waals surface area (Å²) in [7, 11) is 0. The topological polar surface area (TPSA) is 51.9 Å². The van der Waals surface area contributed by atoms with Crippen molar-refractivity contribution in [2.45, 2.75) is 12.5 Å². The summed E-state index contributed by atoms with van der Waals surface area (Å²) < 4.78 is 0. The van der Waals surface area contributed by atoms with Crippen LogP contribution < -0.4 is 0 Å². The predicted octanol–water partition coefficient (Wildman–Crippen LogP) is 6.74. The number of rotatable bonds is 2. The predicted molar refractivity (Wildman–Crippen MR) is 130 cm³/mol. The molecule has 0 saturated carbocycles. The Hall–Kier alpha value is -3.21. The zero-order valence-corrected chi connectivity index (χ0v) is 18.5. The van der Waals surface area contributed by atoms with E-state index in [0.29, 0.717) is 22.3 Å². The molecule has 3 heterocycles. The van der Waals surface area contributed by atoms with Crippen molar-refractivity contribution >= 4 is 50.9 Å². The van der Waals surface area contributed by atoms with Gasteiger partial charge in [0.2, 0.25) is 0 Å². The van der Waals surface area contributed by atoms with Crippen LogP contribution in [-0.2, 0) is 6.42 Å². The van der Waals surface area contributed by atoms with Gasteiger partial charge >= 0.3 is 0 Å². The fourth-order valence-electron chi connectivity index (χ4n) is 4.82. The molecule has 0 bridgehead atoms. The lowest BCUT2D eigenvalue weighted by atomic mass is 9.92. The fourth-order valence-corrected chi connectivity index (χ4v) is 5.13. The highest BCUT2D eigenvalue weighted by Gasteiger charge is 2.35. The van der Waals surface area contributed by atoms with E-state index in [2.05, 4.69) is 28.2 Å². The second-order valence-electron chi connectivity index (χ2n) is 8.18. The number of halogens is 2. The zero-order chi connectivity index (χ0) is 21.8. The summed E-state index contributed by atoms with van der Waals surface area (Å²) in [6, 6.07) is 23.3. The van der Waals surface area contributed by atoms with Crippen molar-refractivity contribution < 1.29 is 4.79 Å². The van der Waals surface area contributed by atoms with Crippen LogP contribution in [0.3, 0.4) is 0 Å². The van der Waals surface area contributed by atoms with Crippen molar-refractivity contribution in [2.24, 2.45) is 0 Å². The third kappa shape index (κ3) is 3.10. The molecule has 0 aliphatic carbocycles. The molecule has 32 heavy (non-hydrogen) atoms. The molecular weight excluding hydrogens is 441 g/mol. The van der Waals surface area contributed by atoms with E-state index in [1.54, 1.807) is 0 Å². The zero-order valence-electron chi connectivity index (χ0n) is 17.0. The number of aromatic nitrogens is 2. The minimum absolute atomic E-state index is 0.0402. The van der Waals surface area contributed by atoms with Gasteiger partial charge in [0.1, 0.15) is 5.69 Å². The largest absolute Gasteiger partial charge is 0.356 e. The molecule has 5 aromatic rings. The first-order valence-electron chi connectivity index (χ1n) is 10.5. The number of hydrogen-bond acceptors (Lipinski definition) is 1. The van der Waals surface area contributed by atoms with Crippen LogP contribution in [0, 0.1) is 0 Å². The standard InChI is InChI=1S/C26H19Cl2N3O/c27-17-7-5-15(6-8-17)25-24-20(19-3-1-2-4-22(19)30-24)11-12-31(25)26(32)23-14-16-13-18(28)9-10-21(16)29-23/h1-10,13-14,25,29-30H,11-12H2/t25-/m1/s1. The average Bonchev–Trinajstić information content (AvgIpc) is 3.39. The van der Waals surface area contributed by atoms with Crippen LogP contribution >= 0.6 is 23.2 Å². The number of para-hydroxylation sites is 1. The van der Waals surface area contributed by atoms with Crippen LogP contribution in [0.25, 0.3) is 21.8 Å². The van der Waals surface area contributed by atoms with Crippen molar-refractivity contribution in [1.82, 2.24) is 14.9 Å². The van der Waals surface area contributed by atoms with E-state index in [1.165, 1.54) is 10.9 Å². The van der Waals surface area contributed by atoms with E-state index in [1.807, 2.05) is 59.5 Å². The second-order valence-corrected chi connectivity index (χ2v) is 9.05. The van der Waals surface area contributed by atoms with Crippen LogP contribution in [0.4, 0.5) is 0 Å². The summed E-state index contributed by atoms with van der Waals surface area (Å²) >= 11 is 12.3. The number of nitrogens with zero attached hydrogens (tertiary/aromatic N) is 1. The van der Waals surface area contributed by atoms with Gasteiger partial charge in [0.15, 0.2) is 0 Å². The van der Waals surface area contributed by atoms with Gasteiger partial charge in [0.25, 0.3) is 5.91 Å². The first kappa shape index (κ1) is 19.5. The molecule has 1 aliphatic heterocycles. The molecule has 2 aromatic heterocycles. The van der Waals surface area contributed by atoms with Crippen LogP contribution in [0.2, 0.25) is 10.0 Å². The summed E-state index contributed by atoms with van der Waals surface area (Å²) in [5.74, 6) is -0.0402. The monoisotopic (exact) mass is 459 g/mol. The number of benzene rings is 3. The van der Waals surface area contributed by atoms with Crippen LogP contribution in [0.15, 0.2) is 72.8 Å². The Morgan fingerprint density at radius 3 is 2.50 bits per heavy atom. The van der Waals surface area contributed by atoms with Gasteiger partial charge in [-0.15, -0.1) is 0 Å². The van der Waals surface area contributed by atoms with Crippen molar-refractivity contribution in [1.29, 1.82) is 0 Å². The quantitative estimate of drug-likeness (QED) is 0.301. The molecule has 158 valence electrons. The molecule has 6 heteroatoms. The van der Waals surface area contributed by atoms with Crippen LogP contribution in [0.5, 0.6) is 0 Å². The smallest absolute Gasteiger partial charge is 0.271 e. The molecule has 2 N–H and O–H groups in total. The highest BCUT2D eigenvalue weighted by Crippen LogP contribution is 2.39. The third-order valence-electron chi connectivity index (χ3n) is 6.29. The van der Waals surface area contributed by atoms with Crippen molar-refractivity contribution in [3.8, 4) is 0 Å². The third-order valence-corrected chi connectivity index (χ3v) is 6.78. The maximum Gasteiger partial charge on any atom is 0.271 e. The molecule has 6 rings (SSSR count). The Morgan fingerprint density at radius 1 is 0.875 bits per heavy atom. The van der Waals surface area contributed by atoms with E-state index in [4.69, 9.17) is 23.2 Å². The van der Waals surface area contributed by atoms with Crippen LogP contribution in [0.1, 0.15) is 33.4 Å². The summed E-state index contributed by atoms with van der Waals surface area (Å²) in [6.07, 6.45) is 0.793. The average molecular weight is 460 g/mol. The van der Waals surface area contributed by atoms with Crippen molar-refractivity contribution in [3.05, 3.63) is 105 Å². The van der Waals surface area contributed by atoms with E-state index in [0.717, 1.165) is 34.1 Å². The first-order valence-corrected chi connectivity index (χ1v) is 11.3. The van der Waals surface area contributed by atoms with Crippen molar-refractivity contribution in [2.75, 3.05) is 6.54 Å².